The van der Waals surface area contributed by atoms with Gasteiger partial charge in [-0.25, -0.2) is 13.4 Å². The molecule has 1 aromatic heterocycles. The van der Waals surface area contributed by atoms with Gasteiger partial charge in [-0.15, -0.1) is 0 Å². The fourth-order valence-corrected chi connectivity index (χ4v) is 5.00. The first-order valence-electron chi connectivity index (χ1n) is 10.5. The minimum absolute atomic E-state index is 0.0826. The van der Waals surface area contributed by atoms with E-state index in [9.17, 15) is 13.2 Å². The predicted octanol–water partition coefficient (Wildman–Crippen LogP) is 3.39. The largest absolute Gasteiger partial charge is 0.495 e. The van der Waals surface area contributed by atoms with Crippen molar-refractivity contribution < 1.29 is 17.9 Å². The number of benzene rings is 3. The van der Waals surface area contributed by atoms with E-state index in [1.54, 1.807) is 55.0 Å². The molecule has 0 aliphatic carbocycles. The van der Waals surface area contributed by atoms with E-state index in [1.165, 1.54) is 19.2 Å². The van der Waals surface area contributed by atoms with Gasteiger partial charge in [0, 0.05) is 18.9 Å². The van der Waals surface area contributed by atoms with Crippen molar-refractivity contribution >= 4 is 21.6 Å². The van der Waals surface area contributed by atoms with Gasteiger partial charge in [-0.05, 0) is 35.9 Å². The minimum Gasteiger partial charge on any atom is -0.495 e. The lowest BCUT2D eigenvalue weighted by atomic mass is 10.1. The first-order valence-corrected chi connectivity index (χ1v) is 12.0. The lowest BCUT2D eigenvalue weighted by molar-refractivity contribution is -0.119. The zero-order valence-electron chi connectivity index (χ0n) is 18.5. The fourth-order valence-electron chi connectivity index (χ4n) is 3.55. The first-order chi connectivity index (χ1) is 16.5. The summed E-state index contributed by atoms with van der Waals surface area (Å²) in [6.45, 7) is -0.191. The molecule has 0 saturated carbocycles. The molecule has 0 fully saturated rings. The van der Waals surface area contributed by atoms with E-state index in [2.05, 4.69) is 10.3 Å². The van der Waals surface area contributed by atoms with Crippen LogP contribution in [0, 0.1) is 0 Å². The summed E-state index contributed by atoms with van der Waals surface area (Å²) in [4.78, 5) is 17.2. The summed E-state index contributed by atoms with van der Waals surface area (Å²) >= 11 is 0. The smallest absolute Gasteiger partial charge is 0.264 e. The molecule has 3 aromatic carbocycles. The average Bonchev–Trinajstić information content (AvgIpc) is 3.41. The predicted molar refractivity (Wildman–Crippen MR) is 129 cm³/mol. The zero-order valence-corrected chi connectivity index (χ0v) is 19.4. The number of amides is 1. The second kappa shape index (κ2) is 10.2. The maximum absolute atomic E-state index is 13.5. The van der Waals surface area contributed by atoms with Crippen LogP contribution in [0.1, 0.15) is 5.56 Å². The molecule has 9 heteroatoms. The topological polar surface area (TPSA) is 93.5 Å². The molecule has 0 spiro atoms. The van der Waals surface area contributed by atoms with Gasteiger partial charge < -0.3 is 14.6 Å². The quantitative estimate of drug-likeness (QED) is 0.400. The van der Waals surface area contributed by atoms with Crippen molar-refractivity contribution in [2.75, 3.05) is 18.0 Å². The van der Waals surface area contributed by atoms with E-state index in [0.717, 1.165) is 15.6 Å². The van der Waals surface area contributed by atoms with Gasteiger partial charge in [0.05, 0.1) is 29.7 Å². The lowest BCUT2D eigenvalue weighted by Gasteiger charge is -2.25. The van der Waals surface area contributed by atoms with Gasteiger partial charge in [-0.1, -0.05) is 48.5 Å². The Hall–Kier alpha value is -4.11. The van der Waals surface area contributed by atoms with Gasteiger partial charge in [0.1, 0.15) is 12.3 Å². The van der Waals surface area contributed by atoms with Crippen molar-refractivity contribution in [1.82, 2.24) is 14.9 Å². The Balaban J connectivity index is 1.60. The number of hydrogen-bond donors (Lipinski definition) is 1. The standard InChI is InChI=1S/C25H24N4O4S/c1-33-24-14-8-7-13-23(24)29(34(31,32)21-10-3-2-4-11-21)18-25(30)27-17-20-9-5-6-12-22(20)28-16-15-26-19-28/h2-16,19H,17-18H2,1H3,(H,27,30). The van der Waals surface area contributed by atoms with E-state index in [1.807, 2.05) is 35.0 Å². The van der Waals surface area contributed by atoms with Crippen LogP contribution in [0.3, 0.4) is 0 Å². The van der Waals surface area contributed by atoms with Gasteiger partial charge in [-0.3, -0.25) is 9.10 Å². The highest BCUT2D eigenvalue weighted by Gasteiger charge is 2.29. The van der Waals surface area contributed by atoms with Crippen LogP contribution < -0.4 is 14.4 Å². The molecule has 4 rings (SSSR count). The molecule has 0 unspecified atom stereocenters. The van der Waals surface area contributed by atoms with Gasteiger partial charge >= 0.3 is 0 Å². The monoisotopic (exact) mass is 476 g/mol. The van der Waals surface area contributed by atoms with Crippen molar-refractivity contribution in [3.63, 3.8) is 0 Å². The SMILES string of the molecule is COc1ccccc1N(CC(=O)NCc1ccccc1-n1ccnc1)S(=O)(=O)c1ccccc1. The zero-order chi connectivity index (χ0) is 24.0. The molecule has 1 amide bonds. The average molecular weight is 477 g/mol. The molecule has 8 nitrogen and oxygen atoms in total. The maximum Gasteiger partial charge on any atom is 0.264 e. The van der Waals surface area contributed by atoms with Crippen molar-refractivity contribution in [3.8, 4) is 11.4 Å². The maximum atomic E-state index is 13.5. The number of imidazole rings is 1. The molecule has 34 heavy (non-hydrogen) atoms. The number of nitrogens with zero attached hydrogens (tertiary/aromatic N) is 3. The van der Waals surface area contributed by atoms with Crippen LogP contribution in [0.4, 0.5) is 5.69 Å². The number of anilines is 1. The normalized spacial score (nSPS) is 11.1. The Labute approximate surface area is 198 Å². The van der Waals surface area contributed by atoms with E-state index < -0.39 is 22.5 Å². The highest BCUT2D eigenvalue weighted by Crippen LogP contribution is 2.32. The van der Waals surface area contributed by atoms with Crippen molar-refractivity contribution in [1.29, 1.82) is 0 Å². The molecule has 0 atom stereocenters. The summed E-state index contributed by atoms with van der Waals surface area (Å²) in [5, 5.41) is 2.84. The van der Waals surface area contributed by atoms with Gasteiger partial charge in [0.2, 0.25) is 5.91 Å². The summed E-state index contributed by atoms with van der Waals surface area (Å²) in [6.07, 6.45) is 5.17. The number of ether oxygens (including phenoxy) is 1. The summed E-state index contributed by atoms with van der Waals surface area (Å²) in [5.74, 6) is -0.105. The Kier molecular flexibility index (Phi) is 6.93. The van der Waals surface area contributed by atoms with Crippen LogP contribution in [0.2, 0.25) is 0 Å². The number of carbonyl (C=O) groups is 1. The summed E-state index contributed by atoms with van der Waals surface area (Å²) < 4.78 is 35.3. The molecule has 0 aliphatic heterocycles. The van der Waals surface area contributed by atoms with E-state index >= 15 is 0 Å². The summed E-state index contributed by atoms with van der Waals surface area (Å²) in [5.41, 5.74) is 2.02. The van der Waals surface area contributed by atoms with E-state index in [-0.39, 0.29) is 17.1 Å². The highest BCUT2D eigenvalue weighted by atomic mass is 32.2. The molecular weight excluding hydrogens is 452 g/mol. The van der Waals surface area contributed by atoms with E-state index in [4.69, 9.17) is 4.74 Å². The number of rotatable bonds is 9. The van der Waals surface area contributed by atoms with Crippen LogP contribution in [0.5, 0.6) is 5.75 Å². The van der Waals surface area contributed by atoms with Crippen molar-refractivity contribution in [2.45, 2.75) is 11.4 Å². The molecule has 1 heterocycles. The first kappa shape index (κ1) is 23.1. The van der Waals surface area contributed by atoms with Crippen molar-refractivity contribution in [3.05, 3.63) is 103 Å². The fraction of sp³-hybridized carbons (Fsp3) is 0.120. The summed E-state index contributed by atoms with van der Waals surface area (Å²) in [7, 11) is -2.57. The lowest BCUT2D eigenvalue weighted by Crippen LogP contribution is -2.41. The molecule has 0 bridgehead atoms. The highest BCUT2D eigenvalue weighted by molar-refractivity contribution is 7.92. The number of carbonyl (C=O) groups excluding carboxylic acids is 1. The minimum atomic E-state index is -4.03. The molecule has 0 saturated heterocycles. The molecule has 0 aliphatic rings. The van der Waals surface area contributed by atoms with Gasteiger partial charge in [-0.2, -0.15) is 0 Å². The number of nitrogens with one attached hydrogen (secondary N) is 1. The van der Waals surface area contributed by atoms with Crippen LogP contribution in [-0.2, 0) is 21.4 Å². The van der Waals surface area contributed by atoms with Gasteiger partial charge in [0.25, 0.3) is 10.0 Å². The third-order valence-electron chi connectivity index (χ3n) is 5.22. The Morgan fingerprint density at radius 3 is 2.44 bits per heavy atom. The molecule has 0 radical (unpaired) electrons. The third kappa shape index (κ3) is 4.94. The van der Waals surface area contributed by atoms with Crippen LogP contribution in [-0.4, -0.2) is 37.5 Å². The van der Waals surface area contributed by atoms with Gasteiger partial charge in [0.15, 0.2) is 0 Å². The van der Waals surface area contributed by atoms with Crippen LogP contribution in [0.25, 0.3) is 5.69 Å². The number of hydrogen-bond acceptors (Lipinski definition) is 5. The number of methoxy groups -OCH3 is 1. The van der Waals surface area contributed by atoms with Crippen LogP contribution in [0.15, 0.2) is 102 Å². The summed E-state index contributed by atoms with van der Waals surface area (Å²) in [6, 6.07) is 22.3. The second-order valence-electron chi connectivity index (χ2n) is 7.37. The van der Waals surface area contributed by atoms with Crippen molar-refractivity contribution in [2.24, 2.45) is 0 Å². The third-order valence-corrected chi connectivity index (χ3v) is 7.00. The number of para-hydroxylation sites is 3. The molecule has 1 N–H and O–H groups in total. The Bertz CT molecular complexity index is 1360. The van der Waals surface area contributed by atoms with Crippen LogP contribution >= 0.6 is 0 Å². The Morgan fingerprint density at radius 1 is 1.00 bits per heavy atom. The Morgan fingerprint density at radius 2 is 1.71 bits per heavy atom. The molecule has 174 valence electrons. The molecule has 4 aromatic rings. The molecular formula is C25H24N4O4S. The number of sulfonamides is 1. The second-order valence-corrected chi connectivity index (χ2v) is 9.23. The van der Waals surface area contributed by atoms with E-state index in [0.29, 0.717) is 5.75 Å². The number of aromatic nitrogens is 2.